The highest BCUT2D eigenvalue weighted by Crippen LogP contribution is 2.15. The van der Waals surface area contributed by atoms with Crippen molar-refractivity contribution in [2.75, 3.05) is 23.9 Å². The van der Waals surface area contributed by atoms with E-state index >= 15 is 0 Å². The van der Waals surface area contributed by atoms with Crippen LogP contribution in [0.1, 0.15) is 22.5 Å². The Morgan fingerprint density at radius 1 is 1.50 bits per heavy atom. The number of rotatable bonds is 6. The van der Waals surface area contributed by atoms with Gasteiger partial charge in [0.1, 0.15) is 15.4 Å². The van der Waals surface area contributed by atoms with Crippen molar-refractivity contribution in [2.24, 2.45) is 0 Å². The van der Waals surface area contributed by atoms with Gasteiger partial charge in [0.2, 0.25) is 0 Å². The van der Waals surface area contributed by atoms with E-state index in [1.54, 1.807) is 13.0 Å². The van der Waals surface area contributed by atoms with E-state index in [9.17, 15) is 13.2 Å². The average molecular weight is 272 g/mol. The Hall–Kier alpha value is -1.63. The number of sulfone groups is 1. The molecule has 0 aliphatic carbocycles. The fourth-order valence-corrected chi connectivity index (χ4v) is 2.10. The van der Waals surface area contributed by atoms with Gasteiger partial charge in [0.15, 0.2) is 0 Å². The summed E-state index contributed by atoms with van der Waals surface area (Å²) in [7, 11) is -2.98. The second-order valence-corrected chi connectivity index (χ2v) is 6.35. The molecule has 7 heteroatoms. The number of nitrogens with one attached hydrogen (secondary N) is 1. The first-order chi connectivity index (χ1) is 8.29. The van der Waals surface area contributed by atoms with Crippen molar-refractivity contribution in [3.8, 4) is 0 Å². The zero-order valence-electron chi connectivity index (χ0n) is 10.3. The fraction of sp³-hybridized carbons (Fsp3) is 0.455. The molecule has 0 bridgehead atoms. The Morgan fingerprint density at radius 3 is 2.72 bits per heavy atom. The third kappa shape index (κ3) is 4.70. The molecule has 1 aromatic rings. The molecular formula is C11H16N2O4S. The summed E-state index contributed by atoms with van der Waals surface area (Å²) in [5.41, 5.74) is 1.24. The van der Waals surface area contributed by atoms with Crippen molar-refractivity contribution in [3.63, 3.8) is 0 Å². The SMILES string of the molecule is Cc1cc(NCCCS(C)(=O)=O)c(C(=O)O)cn1. The van der Waals surface area contributed by atoms with E-state index in [4.69, 9.17) is 5.11 Å². The summed E-state index contributed by atoms with van der Waals surface area (Å²) in [6, 6.07) is 1.63. The van der Waals surface area contributed by atoms with Crippen LogP contribution in [0.3, 0.4) is 0 Å². The normalized spacial score (nSPS) is 11.2. The van der Waals surface area contributed by atoms with Crippen LogP contribution >= 0.6 is 0 Å². The van der Waals surface area contributed by atoms with Crippen LogP contribution in [0.4, 0.5) is 5.69 Å². The summed E-state index contributed by atoms with van der Waals surface area (Å²) < 4.78 is 21.9. The Morgan fingerprint density at radius 2 is 2.17 bits per heavy atom. The molecule has 18 heavy (non-hydrogen) atoms. The van der Waals surface area contributed by atoms with Gasteiger partial charge in [-0.15, -0.1) is 0 Å². The number of aryl methyl sites for hydroxylation is 1. The van der Waals surface area contributed by atoms with Gasteiger partial charge in [0.05, 0.1) is 11.4 Å². The van der Waals surface area contributed by atoms with E-state index in [2.05, 4.69) is 10.3 Å². The molecule has 0 unspecified atom stereocenters. The number of hydrogen-bond acceptors (Lipinski definition) is 5. The Balaban J connectivity index is 2.66. The van der Waals surface area contributed by atoms with Gasteiger partial charge >= 0.3 is 5.97 Å². The molecule has 0 fully saturated rings. The summed E-state index contributed by atoms with van der Waals surface area (Å²) in [6.45, 7) is 2.16. The van der Waals surface area contributed by atoms with Crippen molar-refractivity contribution in [1.29, 1.82) is 0 Å². The first kappa shape index (κ1) is 14.4. The molecular weight excluding hydrogens is 256 g/mol. The van der Waals surface area contributed by atoms with Crippen LogP contribution in [-0.2, 0) is 9.84 Å². The van der Waals surface area contributed by atoms with Crippen molar-refractivity contribution in [2.45, 2.75) is 13.3 Å². The van der Waals surface area contributed by atoms with E-state index in [1.807, 2.05) is 0 Å². The maximum atomic E-state index is 10.9. The molecule has 1 rings (SSSR count). The van der Waals surface area contributed by atoms with Crippen LogP contribution < -0.4 is 5.32 Å². The largest absolute Gasteiger partial charge is 0.478 e. The smallest absolute Gasteiger partial charge is 0.339 e. The molecule has 0 aromatic carbocycles. The van der Waals surface area contributed by atoms with Crippen LogP contribution in [0, 0.1) is 6.92 Å². The van der Waals surface area contributed by atoms with E-state index in [-0.39, 0.29) is 11.3 Å². The van der Waals surface area contributed by atoms with Gasteiger partial charge in [-0.1, -0.05) is 0 Å². The van der Waals surface area contributed by atoms with Crippen LogP contribution in [0.2, 0.25) is 0 Å². The lowest BCUT2D eigenvalue weighted by Crippen LogP contribution is -2.12. The monoisotopic (exact) mass is 272 g/mol. The maximum absolute atomic E-state index is 10.9. The molecule has 1 heterocycles. The van der Waals surface area contributed by atoms with Crippen LogP contribution in [0.15, 0.2) is 12.3 Å². The molecule has 2 N–H and O–H groups in total. The minimum atomic E-state index is -2.98. The van der Waals surface area contributed by atoms with E-state index in [0.717, 1.165) is 0 Å². The van der Waals surface area contributed by atoms with Crippen LogP contribution in [0.5, 0.6) is 0 Å². The number of carbonyl (C=O) groups is 1. The Kier molecular flexibility index (Phi) is 4.66. The summed E-state index contributed by atoms with van der Waals surface area (Å²) in [4.78, 5) is 14.9. The minimum absolute atomic E-state index is 0.0759. The zero-order chi connectivity index (χ0) is 13.8. The van der Waals surface area contributed by atoms with Crippen molar-refractivity contribution in [1.82, 2.24) is 4.98 Å². The molecule has 0 spiro atoms. The number of carboxylic acids is 1. The molecule has 0 aliphatic rings. The lowest BCUT2D eigenvalue weighted by molar-refractivity contribution is 0.0697. The van der Waals surface area contributed by atoms with Gasteiger partial charge in [0.25, 0.3) is 0 Å². The van der Waals surface area contributed by atoms with Gasteiger partial charge in [-0.2, -0.15) is 0 Å². The number of aromatic nitrogens is 1. The van der Waals surface area contributed by atoms with Crippen molar-refractivity contribution >= 4 is 21.5 Å². The standard InChI is InChI=1S/C11H16N2O4S/c1-8-6-10(9(7-13-8)11(14)15)12-4-3-5-18(2,16)17/h6-7H,3-5H2,1-2H3,(H,12,13)(H,14,15). The minimum Gasteiger partial charge on any atom is -0.478 e. The molecule has 100 valence electrons. The van der Waals surface area contributed by atoms with Gasteiger partial charge in [-0.05, 0) is 19.4 Å². The second kappa shape index (κ2) is 5.81. The predicted molar refractivity (Wildman–Crippen MR) is 68.8 cm³/mol. The average Bonchev–Trinajstić information content (AvgIpc) is 2.22. The van der Waals surface area contributed by atoms with Gasteiger partial charge in [0, 0.05) is 24.7 Å². The maximum Gasteiger partial charge on any atom is 0.339 e. The molecule has 0 saturated heterocycles. The first-order valence-electron chi connectivity index (χ1n) is 5.41. The molecule has 0 amide bonds. The summed E-state index contributed by atoms with van der Waals surface area (Å²) in [6.07, 6.45) is 2.89. The number of nitrogens with zero attached hydrogens (tertiary/aromatic N) is 1. The lowest BCUT2D eigenvalue weighted by atomic mass is 10.2. The Labute approximate surface area is 106 Å². The predicted octanol–water partition coefficient (Wildman–Crippen LogP) is 0.935. The van der Waals surface area contributed by atoms with Crippen molar-refractivity contribution < 1.29 is 18.3 Å². The third-order valence-electron chi connectivity index (χ3n) is 2.28. The number of carboxylic acid groups (broad SMARTS) is 1. The van der Waals surface area contributed by atoms with E-state index < -0.39 is 15.8 Å². The second-order valence-electron chi connectivity index (χ2n) is 4.09. The van der Waals surface area contributed by atoms with Gasteiger partial charge < -0.3 is 10.4 Å². The van der Waals surface area contributed by atoms with E-state index in [1.165, 1.54) is 12.5 Å². The molecule has 0 atom stereocenters. The van der Waals surface area contributed by atoms with Gasteiger partial charge in [-0.25, -0.2) is 13.2 Å². The lowest BCUT2D eigenvalue weighted by Gasteiger charge is -2.09. The summed E-state index contributed by atoms with van der Waals surface area (Å²) >= 11 is 0. The topological polar surface area (TPSA) is 96.4 Å². The fourth-order valence-electron chi connectivity index (χ4n) is 1.43. The highest BCUT2D eigenvalue weighted by molar-refractivity contribution is 7.90. The highest BCUT2D eigenvalue weighted by atomic mass is 32.2. The van der Waals surface area contributed by atoms with E-state index in [0.29, 0.717) is 24.3 Å². The number of anilines is 1. The Bertz CT molecular complexity index is 540. The number of pyridine rings is 1. The third-order valence-corrected chi connectivity index (χ3v) is 3.31. The van der Waals surface area contributed by atoms with Crippen LogP contribution in [0.25, 0.3) is 0 Å². The number of hydrogen-bond donors (Lipinski definition) is 2. The molecule has 0 saturated carbocycles. The van der Waals surface area contributed by atoms with Crippen LogP contribution in [-0.4, -0.2) is 43.0 Å². The quantitative estimate of drug-likeness (QED) is 0.748. The first-order valence-corrected chi connectivity index (χ1v) is 7.47. The summed E-state index contributed by atoms with van der Waals surface area (Å²) in [5, 5.41) is 11.9. The zero-order valence-corrected chi connectivity index (χ0v) is 11.1. The molecule has 0 radical (unpaired) electrons. The molecule has 0 aliphatic heterocycles. The number of aromatic carboxylic acids is 1. The molecule has 6 nitrogen and oxygen atoms in total. The molecule has 1 aromatic heterocycles. The summed E-state index contributed by atoms with van der Waals surface area (Å²) in [5.74, 6) is -0.986. The highest BCUT2D eigenvalue weighted by Gasteiger charge is 2.10. The van der Waals surface area contributed by atoms with Gasteiger partial charge in [-0.3, -0.25) is 4.98 Å². The van der Waals surface area contributed by atoms with Crippen molar-refractivity contribution in [3.05, 3.63) is 23.5 Å².